The second kappa shape index (κ2) is 4.30. The van der Waals surface area contributed by atoms with Crippen molar-refractivity contribution in [1.82, 2.24) is 0 Å². The lowest BCUT2D eigenvalue weighted by molar-refractivity contribution is -0.116. The lowest BCUT2D eigenvalue weighted by Gasteiger charge is -2.15. The number of benzene rings is 1. The van der Waals surface area contributed by atoms with E-state index in [9.17, 15) is 4.79 Å². The molecule has 0 spiro atoms. The number of hydrogen-bond acceptors (Lipinski definition) is 2. The van der Waals surface area contributed by atoms with Gasteiger partial charge in [-0.25, -0.2) is 0 Å². The number of carbonyl (C=O) groups is 1. The van der Waals surface area contributed by atoms with Gasteiger partial charge < -0.3 is 5.73 Å². The smallest absolute Gasteiger partial charge is 0.160 e. The van der Waals surface area contributed by atoms with Crippen molar-refractivity contribution in [3.05, 3.63) is 41.5 Å². The topological polar surface area (TPSA) is 43.1 Å². The van der Waals surface area contributed by atoms with Crippen molar-refractivity contribution in [2.75, 3.05) is 0 Å². The Morgan fingerprint density at radius 1 is 1.07 bits per heavy atom. The van der Waals surface area contributed by atoms with E-state index in [1.807, 2.05) is 30.3 Å². The lowest BCUT2D eigenvalue weighted by Crippen LogP contribution is -2.14. The fourth-order valence-corrected chi connectivity index (χ4v) is 1.95. The fraction of sp³-hybridized carbons (Fsp3) is 0.308. The molecule has 1 fully saturated rings. The van der Waals surface area contributed by atoms with Crippen molar-refractivity contribution < 1.29 is 4.79 Å². The minimum atomic E-state index is 0.225. The van der Waals surface area contributed by atoms with Crippen LogP contribution >= 0.6 is 0 Å². The molecule has 0 unspecified atom stereocenters. The first-order valence-corrected chi connectivity index (χ1v) is 5.36. The van der Waals surface area contributed by atoms with Gasteiger partial charge in [-0.15, -0.1) is 0 Å². The Morgan fingerprint density at radius 2 is 1.73 bits per heavy atom. The summed E-state index contributed by atoms with van der Waals surface area (Å²) in [6.45, 7) is 0. The second-order valence-corrected chi connectivity index (χ2v) is 3.89. The number of nitrogens with two attached hydrogens (primary N) is 1. The molecule has 0 amide bonds. The van der Waals surface area contributed by atoms with Crippen LogP contribution in [-0.2, 0) is 4.79 Å². The number of carbonyl (C=O) groups excluding carboxylic acids is 1. The maximum Gasteiger partial charge on any atom is 0.160 e. The molecule has 78 valence electrons. The molecule has 0 aliphatic heterocycles. The van der Waals surface area contributed by atoms with Gasteiger partial charge in [0.15, 0.2) is 5.78 Å². The summed E-state index contributed by atoms with van der Waals surface area (Å²) in [7, 11) is 0. The SMILES string of the molecule is NC(=C1CCCCC1=O)c1ccccc1. The average Bonchev–Trinajstić information content (AvgIpc) is 2.30. The van der Waals surface area contributed by atoms with Crippen LogP contribution in [0.15, 0.2) is 35.9 Å². The molecular formula is C13H15NO. The zero-order chi connectivity index (χ0) is 10.7. The number of Topliss-reactive ketones (excluding diaryl/α,β-unsaturated/α-hetero) is 1. The summed E-state index contributed by atoms with van der Waals surface area (Å²) in [5, 5.41) is 0. The summed E-state index contributed by atoms with van der Waals surface area (Å²) in [6.07, 6.45) is 3.57. The second-order valence-electron chi connectivity index (χ2n) is 3.89. The molecule has 0 saturated heterocycles. The van der Waals surface area contributed by atoms with Gasteiger partial charge in [-0.2, -0.15) is 0 Å². The molecule has 0 radical (unpaired) electrons. The van der Waals surface area contributed by atoms with E-state index in [0.29, 0.717) is 12.1 Å². The van der Waals surface area contributed by atoms with Crippen molar-refractivity contribution in [1.29, 1.82) is 0 Å². The summed E-state index contributed by atoms with van der Waals surface area (Å²) in [5.74, 6) is 0.225. The van der Waals surface area contributed by atoms with Crippen LogP contribution in [-0.4, -0.2) is 5.78 Å². The van der Waals surface area contributed by atoms with Gasteiger partial charge in [-0.3, -0.25) is 4.79 Å². The highest BCUT2D eigenvalue weighted by atomic mass is 16.1. The Bertz CT molecular complexity index is 392. The fourth-order valence-electron chi connectivity index (χ4n) is 1.95. The molecule has 1 aromatic rings. The Labute approximate surface area is 89.8 Å². The molecule has 2 N–H and O–H groups in total. The predicted molar refractivity (Wildman–Crippen MR) is 61.0 cm³/mol. The number of rotatable bonds is 1. The zero-order valence-corrected chi connectivity index (χ0v) is 8.70. The maximum atomic E-state index is 11.7. The Morgan fingerprint density at radius 3 is 2.40 bits per heavy atom. The van der Waals surface area contributed by atoms with Crippen LogP contribution < -0.4 is 5.73 Å². The van der Waals surface area contributed by atoms with Crippen molar-refractivity contribution >= 4 is 11.5 Å². The molecule has 1 aliphatic rings. The molecule has 0 heterocycles. The van der Waals surface area contributed by atoms with Crippen LogP contribution in [0.4, 0.5) is 0 Å². The Balaban J connectivity index is 2.35. The minimum absolute atomic E-state index is 0.225. The first kappa shape index (κ1) is 9.97. The van der Waals surface area contributed by atoms with Crippen LogP contribution in [0.5, 0.6) is 0 Å². The third kappa shape index (κ3) is 2.09. The average molecular weight is 201 g/mol. The molecule has 2 rings (SSSR count). The summed E-state index contributed by atoms with van der Waals surface area (Å²) in [4.78, 5) is 11.7. The minimum Gasteiger partial charge on any atom is -0.398 e. The normalized spacial score (nSPS) is 20.1. The summed E-state index contributed by atoms with van der Waals surface area (Å²) in [5.41, 5.74) is 8.47. The van der Waals surface area contributed by atoms with Crippen LogP contribution in [0, 0.1) is 0 Å². The molecule has 15 heavy (non-hydrogen) atoms. The summed E-state index contributed by atoms with van der Waals surface area (Å²) >= 11 is 0. The van der Waals surface area contributed by atoms with Gasteiger partial charge in [-0.05, 0) is 24.8 Å². The molecule has 0 bridgehead atoms. The van der Waals surface area contributed by atoms with Crippen LogP contribution in [0.25, 0.3) is 5.70 Å². The van der Waals surface area contributed by atoms with Crippen molar-refractivity contribution in [2.45, 2.75) is 25.7 Å². The first-order valence-electron chi connectivity index (χ1n) is 5.36. The van der Waals surface area contributed by atoms with E-state index >= 15 is 0 Å². The van der Waals surface area contributed by atoms with E-state index in [0.717, 1.165) is 30.4 Å². The molecule has 2 nitrogen and oxygen atoms in total. The van der Waals surface area contributed by atoms with Gasteiger partial charge in [0.2, 0.25) is 0 Å². The van der Waals surface area contributed by atoms with Gasteiger partial charge >= 0.3 is 0 Å². The standard InChI is InChI=1S/C13H15NO/c14-13(10-6-2-1-3-7-10)11-8-4-5-9-12(11)15/h1-3,6-7H,4-5,8-9,14H2. The highest BCUT2D eigenvalue weighted by molar-refractivity contribution is 6.02. The van der Waals surface area contributed by atoms with E-state index in [1.165, 1.54) is 0 Å². The quantitative estimate of drug-likeness (QED) is 0.709. The van der Waals surface area contributed by atoms with E-state index in [-0.39, 0.29) is 5.78 Å². The predicted octanol–water partition coefficient (Wildman–Crippen LogP) is 2.50. The number of ketones is 1. The molecule has 1 aromatic carbocycles. The molecule has 0 aromatic heterocycles. The monoisotopic (exact) mass is 201 g/mol. The molecular weight excluding hydrogens is 186 g/mol. The van der Waals surface area contributed by atoms with E-state index in [4.69, 9.17) is 5.73 Å². The van der Waals surface area contributed by atoms with Crippen LogP contribution in [0.3, 0.4) is 0 Å². The van der Waals surface area contributed by atoms with Gasteiger partial charge in [0.25, 0.3) is 0 Å². The largest absolute Gasteiger partial charge is 0.398 e. The summed E-state index contributed by atoms with van der Waals surface area (Å²) in [6, 6.07) is 9.73. The third-order valence-corrected chi connectivity index (χ3v) is 2.83. The molecule has 1 aliphatic carbocycles. The van der Waals surface area contributed by atoms with E-state index in [2.05, 4.69) is 0 Å². The van der Waals surface area contributed by atoms with Gasteiger partial charge in [0.1, 0.15) is 0 Å². The molecule has 0 atom stereocenters. The maximum absolute atomic E-state index is 11.7. The van der Waals surface area contributed by atoms with E-state index < -0.39 is 0 Å². The van der Waals surface area contributed by atoms with E-state index in [1.54, 1.807) is 0 Å². The highest BCUT2D eigenvalue weighted by Crippen LogP contribution is 2.25. The summed E-state index contributed by atoms with van der Waals surface area (Å²) < 4.78 is 0. The van der Waals surface area contributed by atoms with Crippen LogP contribution in [0.2, 0.25) is 0 Å². The molecule has 2 heteroatoms. The van der Waals surface area contributed by atoms with Crippen molar-refractivity contribution in [3.8, 4) is 0 Å². The van der Waals surface area contributed by atoms with Gasteiger partial charge in [0, 0.05) is 17.7 Å². The van der Waals surface area contributed by atoms with Crippen molar-refractivity contribution in [3.63, 3.8) is 0 Å². The number of hydrogen-bond donors (Lipinski definition) is 1. The molecule has 1 saturated carbocycles. The zero-order valence-electron chi connectivity index (χ0n) is 8.70. The highest BCUT2D eigenvalue weighted by Gasteiger charge is 2.18. The Hall–Kier alpha value is -1.57. The third-order valence-electron chi connectivity index (χ3n) is 2.83. The van der Waals surface area contributed by atoms with Gasteiger partial charge in [-0.1, -0.05) is 30.3 Å². The first-order chi connectivity index (χ1) is 7.29. The van der Waals surface area contributed by atoms with Gasteiger partial charge in [0.05, 0.1) is 0 Å². The Kier molecular flexibility index (Phi) is 2.86. The van der Waals surface area contributed by atoms with Crippen molar-refractivity contribution in [2.24, 2.45) is 5.73 Å². The lowest BCUT2D eigenvalue weighted by atomic mass is 9.90. The van der Waals surface area contributed by atoms with Crippen LogP contribution in [0.1, 0.15) is 31.2 Å². The number of allylic oxidation sites excluding steroid dienone is 1.